The topological polar surface area (TPSA) is 55.9 Å². The molecule has 96 valence electrons. The summed E-state index contributed by atoms with van der Waals surface area (Å²) >= 11 is 0. The van der Waals surface area contributed by atoms with Gasteiger partial charge in [0.1, 0.15) is 5.82 Å². The van der Waals surface area contributed by atoms with Crippen LogP contribution in [-0.4, -0.2) is 16.3 Å². The molecule has 4 heteroatoms. The Labute approximate surface area is 108 Å². The van der Waals surface area contributed by atoms with Crippen molar-refractivity contribution in [2.24, 2.45) is 12.8 Å². The molecule has 3 N–H and O–H groups in total. The van der Waals surface area contributed by atoms with Gasteiger partial charge in [0, 0.05) is 19.7 Å². The van der Waals surface area contributed by atoms with Crippen LogP contribution in [0.4, 0.5) is 5.82 Å². The maximum absolute atomic E-state index is 5.63. The lowest BCUT2D eigenvalue weighted by Gasteiger charge is -2.10. The summed E-state index contributed by atoms with van der Waals surface area (Å²) in [6, 6.07) is 10.4. The van der Waals surface area contributed by atoms with Crippen LogP contribution in [0.3, 0.4) is 0 Å². The van der Waals surface area contributed by atoms with E-state index in [0.29, 0.717) is 6.54 Å². The van der Waals surface area contributed by atoms with Crippen molar-refractivity contribution in [1.82, 2.24) is 9.78 Å². The Bertz CT molecular complexity index is 516. The van der Waals surface area contributed by atoms with E-state index >= 15 is 0 Å². The highest BCUT2D eigenvalue weighted by atomic mass is 15.3. The zero-order chi connectivity index (χ0) is 13.0. The number of benzene rings is 1. The third-order valence-corrected chi connectivity index (χ3v) is 2.99. The van der Waals surface area contributed by atoms with Crippen molar-refractivity contribution in [3.05, 3.63) is 47.2 Å². The fourth-order valence-corrected chi connectivity index (χ4v) is 2.09. The first kappa shape index (κ1) is 12.6. The van der Waals surface area contributed by atoms with Gasteiger partial charge in [0.15, 0.2) is 0 Å². The van der Waals surface area contributed by atoms with Crippen molar-refractivity contribution in [3.8, 4) is 0 Å². The van der Waals surface area contributed by atoms with Gasteiger partial charge in [-0.25, -0.2) is 0 Å². The van der Waals surface area contributed by atoms with Gasteiger partial charge >= 0.3 is 0 Å². The number of nitrogens with zero attached hydrogens (tertiary/aromatic N) is 2. The lowest BCUT2D eigenvalue weighted by molar-refractivity contribution is 0.757. The Morgan fingerprint density at radius 3 is 2.61 bits per heavy atom. The van der Waals surface area contributed by atoms with E-state index in [9.17, 15) is 0 Å². The predicted octanol–water partition coefficient (Wildman–Crippen LogP) is 1.84. The molecule has 4 nitrogen and oxygen atoms in total. The van der Waals surface area contributed by atoms with Gasteiger partial charge < -0.3 is 11.1 Å². The highest BCUT2D eigenvalue weighted by molar-refractivity contribution is 5.39. The van der Waals surface area contributed by atoms with Crippen LogP contribution in [0.1, 0.15) is 16.8 Å². The van der Waals surface area contributed by atoms with Gasteiger partial charge in [-0.15, -0.1) is 0 Å². The summed E-state index contributed by atoms with van der Waals surface area (Å²) in [5.41, 5.74) is 9.26. The van der Waals surface area contributed by atoms with E-state index in [1.54, 1.807) is 0 Å². The number of aromatic nitrogens is 2. The molecular weight excluding hydrogens is 224 g/mol. The molecule has 0 radical (unpaired) electrons. The van der Waals surface area contributed by atoms with Crippen molar-refractivity contribution < 1.29 is 0 Å². The minimum atomic E-state index is 0.682. The average Bonchev–Trinajstić information content (AvgIpc) is 2.67. The molecule has 18 heavy (non-hydrogen) atoms. The van der Waals surface area contributed by atoms with E-state index in [-0.39, 0.29) is 0 Å². The van der Waals surface area contributed by atoms with Gasteiger partial charge in [0.25, 0.3) is 0 Å². The molecule has 0 spiro atoms. The zero-order valence-corrected chi connectivity index (χ0v) is 11.0. The van der Waals surface area contributed by atoms with E-state index < -0.39 is 0 Å². The second-order valence-corrected chi connectivity index (χ2v) is 4.46. The molecule has 1 heterocycles. The molecule has 0 amide bonds. The van der Waals surface area contributed by atoms with Crippen molar-refractivity contribution in [1.29, 1.82) is 0 Å². The van der Waals surface area contributed by atoms with E-state index in [1.807, 2.05) is 24.7 Å². The Hall–Kier alpha value is -1.81. The van der Waals surface area contributed by atoms with E-state index in [1.165, 1.54) is 11.1 Å². The van der Waals surface area contributed by atoms with Crippen LogP contribution in [0.2, 0.25) is 0 Å². The second-order valence-electron chi connectivity index (χ2n) is 4.46. The lowest BCUT2D eigenvalue weighted by Crippen LogP contribution is -2.09. The van der Waals surface area contributed by atoms with Gasteiger partial charge in [-0.2, -0.15) is 5.10 Å². The largest absolute Gasteiger partial charge is 0.366 e. The molecule has 0 unspecified atom stereocenters. The standard InChI is InChI=1S/C14H20N4/c1-11-9-14(18(2)17-11)16-10-13-6-4-3-5-12(13)7-8-15/h3-6,9,16H,7-8,10,15H2,1-2H3. The van der Waals surface area contributed by atoms with Crippen LogP contribution in [0.5, 0.6) is 0 Å². The van der Waals surface area contributed by atoms with Gasteiger partial charge in [0.2, 0.25) is 0 Å². The second kappa shape index (κ2) is 5.69. The molecule has 0 saturated carbocycles. The summed E-state index contributed by atoms with van der Waals surface area (Å²) in [7, 11) is 1.95. The van der Waals surface area contributed by atoms with Crippen molar-refractivity contribution in [2.45, 2.75) is 19.9 Å². The number of aryl methyl sites for hydroxylation is 2. The summed E-state index contributed by atoms with van der Waals surface area (Å²) in [6.07, 6.45) is 0.919. The molecule has 0 atom stereocenters. The summed E-state index contributed by atoms with van der Waals surface area (Å²) < 4.78 is 1.86. The predicted molar refractivity (Wildman–Crippen MR) is 74.5 cm³/mol. The average molecular weight is 244 g/mol. The fraction of sp³-hybridized carbons (Fsp3) is 0.357. The van der Waals surface area contributed by atoms with Crippen LogP contribution in [0, 0.1) is 6.92 Å². The van der Waals surface area contributed by atoms with Crippen molar-refractivity contribution in [2.75, 3.05) is 11.9 Å². The zero-order valence-electron chi connectivity index (χ0n) is 11.0. The summed E-state index contributed by atoms with van der Waals surface area (Å²) in [6.45, 7) is 3.48. The molecule has 0 aliphatic rings. The van der Waals surface area contributed by atoms with Crippen molar-refractivity contribution in [3.63, 3.8) is 0 Å². The molecule has 1 aromatic carbocycles. The lowest BCUT2D eigenvalue weighted by atomic mass is 10.0. The first-order chi connectivity index (χ1) is 8.70. The van der Waals surface area contributed by atoms with Crippen molar-refractivity contribution >= 4 is 5.82 Å². The maximum Gasteiger partial charge on any atom is 0.124 e. The Morgan fingerprint density at radius 1 is 1.28 bits per heavy atom. The minimum Gasteiger partial charge on any atom is -0.366 e. The Balaban J connectivity index is 2.08. The highest BCUT2D eigenvalue weighted by Gasteiger charge is 2.04. The van der Waals surface area contributed by atoms with E-state index in [0.717, 1.165) is 24.5 Å². The normalized spacial score (nSPS) is 10.6. The number of nitrogens with two attached hydrogens (primary N) is 1. The molecule has 2 aromatic rings. The van der Waals surface area contributed by atoms with Crippen LogP contribution in [-0.2, 0) is 20.0 Å². The summed E-state index contributed by atoms with van der Waals surface area (Å²) in [5.74, 6) is 1.04. The number of nitrogens with one attached hydrogen (secondary N) is 1. The number of anilines is 1. The van der Waals surface area contributed by atoms with Crippen LogP contribution < -0.4 is 11.1 Å². The van der Waals surface area contributed by atoms with Gasteiger partial charge in [-0.1, -0.05) is 24.3 Å². The monoisotopic (exact) mass is 244 g/mol. The van der Waals surface area contributed by atoms with Gasteiger partial charge in [0.05, 0.1) is 5.69 Å². The third kappa shape index (κ3) is 2.90. The van der Waals surface area contributed by atoms with Crippen LogP contribution >= 0.6 is 0 Å². The molecular formula is C14H20N4. The van der Waals surface area contributed by atoms with Crippen LogP contribution in [0.15, 0.2) is 30.3 Å². The molecule has 0 saturated heterocycles. The smallest absolute Gasteiger partial charge is 0.124 e. The summed E-state index contributed by atoms with van der Waals surface area (Å²) in [4.78, 5) is 0. The van der Waals surface area contributed by atoms with Gasteiger partial charge in [-0.3, -0.25) is 4.68 Å². The summed E-state index contributed by atoms with van der Waals surface area (Å²) in [5, 5.41) is 7.72. The molecule has 0 aliphatic carbocycles. The van der Waals surface area contributed by atoms with E-state index in [2.05, 4.69) is 34.7 Å². The minimum absolute atomic E-state index is 0.682. The molecule has 0 aliphatic heterocycles. The number of hydrogen-bond donors (Lipinski definition) is 2. The first-order valence-corrected chi connectivity index (χ1v) is 6.22. The van der Waals surface area contributed by atoms with Crippen LogP contribution in [0.25, 0.3) is 0 Å². The number of hydrogen-bond acceptors (Lipinski definition) is 3. The SMILES string of the molecule is Cc1cc(NCc2ccccc2CCN)n(C)n1. The van der Waals surface area contributed by atoms with Gasteiger partial charge in [-0.05, 0) is 31.0 Å². The highest BCUT2D eigenvalue weighted by Crippen LogP contribution is 2.13. The third-order valence-electron chi connectivity index (χ3n) is 2.99. The Kier molecular flexibility index (Phi) is 3.99. The first-order valence-electron chi connectivity index (χ1n) is 6.22. The molecule has 1 aromatic heterocycles. The molecule has 0 fully saturated rings. The molecule has 2 rings (SSSR count). The van der Waals surface area contributed by atoms with E-state index in [4.69, 9.17) is 5.73 Å². The molecule has 0 bridgehead atoms. The maximum atomic E-state index is 5.63. The number of rotatable bonds is 5. The quantitative estimate of drug-likeness (QED) is 0.844. The fourth-order valence-electron chi connectivity index (χ4n) is 2.09. The Morgan fingerprint density at radius 2 is 2.00 bits per heavy atom.